The lowest BCUT2D eigenvalue weighted by molar-refractivity contribution is -0.183. The van der Waals surface area contributed by atoms with E-state index >= 15 is 0 Å². The minimum Gasteiger partial charge on any atom is -0.436 e. The van der Waals surface area contributed by atoms with Gasteiger partial charge in [0.1, 0.15) is 0 Å². The molecule has 0 saturated carbocycles. The van der Waals surface area contributed by atoms with Crippen LogP contribution in [0.1, 0.15) is 40.5 Å². The summed E-state index contributed by atoms with van der Waals surface area (Å²) in [6, 6.07) is 0. The average Bonchev–Trinajstić information content (AvgIpc) is 2.00. The zero-order chi connectivity index (χ0) is 11.8. The molecule has 0 aromatic heterocycles. The molecule has 0 amide bonds. The Morgan fingerprint density at radius 3 is 2.40 bits per heavy atom. The lowest BCUT2D eigenvalue weighted by Crippen LogP contribution is -2.24. The molecule has 0 aromatic rings. The van der Waals surface area contributed by atoms with Crippen molar-refractivity contribution in [2.45, 2.75) is 52.9 Å². The van der Waals surface area contributed by atoms with E-state index in [4.69, 9.17) is 9.47 Å². The van der Waals surface area contributed by atoms with Crippen LogP contribution in [0.15, 0.2) is 12.7 Å². The zero-order valence-corrected chi connectivity index (χ0v) is 10.2. The Bertz CT molecular complexity index is 199. The fourth-order valence-electron chi connectivity index (χ4n) is 1.45. The monoisotopic (exact) mass is 214 g/mol. The van der Waals surface area contributed by atoms with E-state index in [1.807, 2.05) is 6.08 Å². The Balaban J connectivity index is 4.02. The third-order valence-corrected chi connectivity index (χ3v) is 1.88. The van der Waals surface area contributed by atoms with Gasteiger partial charge in [0.05, 0.1) is 6.10 Å². The molecule has 0 aliphatic carbocycles. The second kappa shape index (κ2) is 7.46. The Hall–Kier alpha value is -0.830. The van der Waals surface area contributed by atoms with Crippen molar-refractivity contribution in [2.75, 3.05) is 0 Å². The molecule has 0 bridgehead atoms. The molecule has 0 aromatic carbocycles. The molecule has 15 heavy (non-hydrogen) atoms. The van der Waals surface area contributed by atoms with Gasteiger partial charge in [-0.15, -0.1) is 6.58 Å². The Morgan fingerprint density at radius 2 is 2.00 bits per heavy atom. The van der Waals surface area contributed by atoms with Gasteiger partial charge < -0.3 is 9.47 Å². The second-order valence-corrected chi connectivity index (χ2v) is 4.09. The maximum Gasteiger partial charge on any atom is 0.304 e. The summed E-state index contributed by atoms with van der Waals surface area (Å²) in [5.74, 6) is 0.240. The van der Waals surface area contributed by atoms with E-state index in [2.05, 4.69) is 20.4 Å². The Labute approximate surface area is 92.5 Å². The van der Waals surface area contributed by atoms with E-state index in [1.165, 1.54) is 6.92 Å². The lowest BCUT2D eigenvalue weighted by atomic mass is 10.0. The van der Waals surface area contributed by atoms with Crippen molar-refractivity contribution in [3.05, 3.63) is 12.7 Å². The molecule has 3 heteroatoms. The van der Waals surface area contributed by atoms with Crippen LogP contribution in [0.5, 0.6) is 0 Å². The van der Waals surface area contributed by atoms with Gasteiger partial charge >= 0.3 is 5.97 Å². The quantitative estimate of drug-likeness (QED) is 0.371. The predicted molar refractivity (Wildman–Crippen MR) is 60.4 cm³/mol. The predicted octanol–water partition coefficient (Wildman–Crippen LogP) is 2.90. The Morgan fingerprint density at radius 1 is 1.40 bits per heavy atom. The van der Waals surface area contributed by atoms with E-state index in [-0.39, 0.29) is 12.1 Å². The molecule has 0 aliphatic rings. The van der Waals surface area contributed by atoms with E-state index in [0.29, 0.717) is 5.92 Å². The van der Waals surface area contributed by atoms with E-state index in [9.17, 15) is 4.79 Å². The first-order valence-electron chi connectivity index (χ1n) is 5.39. The van der Waals surface area contributed by atoms with Gasteiger partial charge in [-0.1, -0.05) is 19.9 Å². The fourth-order valence-corrected chi connectivity index (χ4v) is 1.45. The average molecular weight is 214 g/mol. The normalized spacial score (nSPS) is 14.7. The number of carbonyl (C=O) groups excluding carboxylic acids is 1. The van der Waals surface area contributed by atoms with Crippen LogP contribution in [-0.2, 0) is 14.3 Å². The first-order valence-corrected chi connectivity index (χ1v) is 5.39. The van der Waals surface area contributed by atoms with Crippen LogP contribution in [-0.4, -0.2) is 18.4 Å². The highest BCUT2D eigenvalue weighted by atomic mass is 16.7. The molecule has 0 N–H and O–H groups in total. The summed E-state index contributed by atoms with van der Waals surface area (Å²) in [7, 11) is 0. The Kier molecular flexibility index (Phi) is 7.05. The summed E-state index contributed by atoms with van der Waals surface area (Å²) in [6.45, 7) is 11.1. The molecular formula is C12H22O3. The molecule has 2 unspecified atom stereocenters. The van der Waals surface area contributed by atoms with Gasteiger partial charge in [-0.2, -0.15) is 0 Å². The van der Waals surface area contributed by atoms with Crippen molar-refractivity contribution in [3.63, 3.8) is 0 Å². The molecule has 0 rings (SSSR count). The summed E-state index contributed by atoms with van der Waals surface area (Å²) in [5, 5.41) is 0. The SMILES string of the molecule is C=CCC(CC(C)C)OC(C)OC(C)=O. The second-order valence-electron chi connectivity index (χ2n) is 4.09. The highest BCUT2D eigenvalue weighted by Gasteiger charge is 2.15. The van der Waals surface area contributed by atoms with E-state index < -0.39 is 6.29 Å². The van der Waals surface area contributed by atoms with Crippen molar-refractivity contribution in [1.29, 1.82) is 0 Å². The summed E-state index contributed by atoms with van der Waals surface area (Å²) in [5.41, 5.74) is 0. The minimum atomic E-state index is -0.480. The maximum atomic E-state index is 10.7. The first kappa shape index (κ1) is 14.2. The molecule has 0 heterocycles. The van der Waals surface area contributed by atoms with E-state index in [1.54, 1.807) is 6.92 Å². The highest BCUT2D eigenvalue weighted by molar-refractivity contribution is 5.65. The van der Waals surface area contributed by atoms with Gasteiger partial charge in [0.2, 0.25) is 0 Å². The number of hydrogen-bond donors (Lipinski definition) is 0. The fraction of sp³-hybridized carbons (Fsp3) is 0.750. The van der Waals surface area contributed by atoms with Crippen LogP contribution in [0.4, 0.5) is 0 Å². The molecule has 0 fully saturated rings. The van der Waals surface area contributed by atoms with Gasteiger partial charge in [-0.05, 0) is 25.7 Å². The maximum absolute atomic E-state index is 10.7. The molecule has 3 nitrogen and oxygen atoms in total. The molecule has 0 spiro atoms. The van der Waals surface area contributed by atoms with Gasteiger partial charge in [0, 0.05) is 6.92 Å². The smallest absolute Gasteiger partial charge is 0.304 e. The topological polar surface area (TPSA) is 35.5 Å². The molecular weight excluding hydrogens is 192 g/mol. The number of esters is 1. The van der Waals surface area contributed by atoms with Crippen LogP contribution in [0.3, 0.4) is 0 Å². The number of carbonyl (C=O) groups is 1. The molecule has 0 saturated heterocycles. The third kappa shape index (κ3) is 8.18. The lowest BCUT2D eigenvalue weighted by Gasteiger charge is -2.22. The van der Waals surface area contributed by atoms with Crippen molar-refractivity contribution in [1.82, 2.24) is 0 Å². The minimum absolute atomic E-state index is 0.0804. The largest absolute Gasteiger partial charge is 0.436 e. The first-order chi connectivity index (χ1) is 6.95. The summed E-state index contributed by atoms with van der Waals surface area (Å²) >= 11 is 0. The number of ether oxygens (including phenoxy) is 2. The molecule has 0 aliphatic heterocycles. The molecule has 0 radical (unpaired) electrons. The van der Waals surface area contributed by atoms with Gasteiger partial charge in [-0.3, -0.25) is 4.79 Å². The van der Waals surface area contributed by atoms with Gasteiger partial charge in [-0.25, -0.2) is 0 Å². The number of hydrogen-bond acceptors (Lipinski definition) is 3. The van der Waals surface area contributed by atoms with Crippen molar-refractivity contribution < 1.29 is 14.3 Å². The summed E-state index contributed by atoms with van der Waals surface area (Å²) < 4.78 is 10.5. The number of rotatable bonds is 7. The van der Waals surface area contributed by atoms with Crippen molar-refractivity contribution in [3.8, 4) is 0 Å². The van der Waals surface area contributed by atoms with Gasteiger partial charge in [0.25, 0.3) is 0 Å². The van der Waals surface area contributed by atoms with Crippen LogP contribution >= 0.6 is 0 Å². The van der Waals surface area contributed by atoms with Crippen molar-refractivity contribution in [2.24, 2.45) is 5.92 Å². The molecule has 2 atom stereocenters. The van der Waals surface area contributed by atoms with Crippen LogP contribution in [0.25, 0.3) is 0 Å². The highest BCUT2D eigenvalue weighted by Crippen LogP contribution is 2.14. The van der Waals surface area contributed by atoms with Crippen LogP contribution in [0, 0.1) is 5.92 Å². The van der Waals surface area contributed by atoms with Gasteiger partial charge in [0.15, 0.2) is 6.29 Å². The zero-order valence-electron chi connectivity index (χ0n) is 10.2. The van der Waals surface area contributed by atoms with E-state index in [0.717, 1.165) is 12.8 Å². The third-order valence-electron chi connectivity index (χ3n) is 1.88. The standard InChI is InChI=1S/C12H22O3/c1-6-7-12(8-9(2)3)15-11(5)14-10(4)13/h6,9,11-12H,1,7-8H2,2-5H3. The van der Waals surface area contributed by atoms with Crippen molar-refractivity contribution >= 4 is 5.97 Å². The van der Waals surface area contributed by atoms with Crippen LogP contribution in [0.2, 0.25) is 0 Å². The summed E-state index contributed by atoms with van der Waals surface area (Å²) in [4.78, 5) is 10.7. The summed E-state index contributed by atoms with van der Waals surface area (Å²) in [6.07, 6.45) is 3.15. The molecule has 88 valence electrons. The van der Waals surface area contributed by atoms with Crippen LogP contribution < -0.4 is 0 Å².